The lowest BCUT2D eigenvalue weighted by atomic mass is 10.0. The Morgan fingerprint density at radius 2 is 1.71 bits per heavy atom. The molecular formula is C14H11Cl2NO4. The highest BCUT2D eigenvalue weighted by Gasteiger charge is 2.73. The van der Waals surface area contributed by atoms with Crippen molar-refractivity contribution >= 4 is 46.7 Å². The van der Waals surface area contributed by atoms with Crippen molar-refractivity contribution < 1.29 is 19.5 Å². The zero-order valence-electron chi connectivity index (χ0n) is 11.2. The van der Waals surface area contributed by atoms with E-state index in [9.17, 15) is 19.5 Å². The van der Waals surface area contributed by atoms with Crippen LogP contribution in [0.25, 0.3) is 0 Å². The van der Waals surface area contributed by atoms with Crippen molar-refractivity contribution in [3.8, 4) is 0 Å². The van der Waals surface area contributed by atoms with Crippen molar-refractivity contribution in [1.82, 2.24) is 0 Å². The first-order chi connectivity index (χ1) is 9.67. The van der Waals surface area contributed by atoms with E-state index in [0.717, 1.165) is 4.90 Å². The number of carboxylic acid groups (broad SMARTS) is 1. The number of rotatable bonds is 2. The molecule has 110 valence electrons. The Hall–Kier alpha value is -1.59. The largest absolute Gasteiger partial charge is 0.478 e. The minimum Gasteiger partial charge on any atom is -0.478 e. The van der Waals surface area contributed by atoms with E-state index in [1.807, 2.05) is 13.8 Å². The number of halogens is 2. The molecule has 5 nitrogen and oxygen atoms in total. The van der Waals surface area contributed by atoms with Gasteiger partial charge in [-0.2, -0.15) is 0 Å². The Kier molecular flexibility index (Phi) is 2.88. The van der Waals surface area contributed by atoms with Gasteiger partial charge in [-0.05, 0) is 17.5 Å². The molecule has 21 heavy (non-hydrogen) atoms. The summed E-state index contributed by atoms with van der Waals surface area (Å²) >= 11 is 11.8. The van der Waals surface area contributed by atoms with Gasteiger partial charge in [-0.1, -0.05) is 37.0 Å². The maximum Gasteiger partial charge on any atom is 0.337 e. The number of benzene rings is 1. The third-order valence-electron chi connectivity index (χ3n) is 4.28. The number of carboxylic acids is 1. The van der Waals surface area contributed by atoms with Gasteiger partial charge in [-0.15, -0.1) is 0 Å². The van der Waals surface area contributed by atoms with Gasteiger partial charge in [0.1, 0.15) is 0 Å². The van der Waals surface area contributed by atoms with E-state index in [1.54, 1.807) is 0 Å². The fourth-order valence-electron chi connectivity index (χ4n) is 3.12. The van der Waals surface area contributed by atoms with Gasteiger partial charge in [-0.3, -0.25) is 9.59 Å². The molecule has 1 aliphatic carbocycles. The topological polar surface area (TPSA) is 74.7 Å². The number of carbonyl (C=O) groups is 3. The van der Waals surface area contributed by atoms with E-state index >= 15 is 0 Å². The van der Waals surface area contributed by atoms with Crippen LogP contribution in [-0.4, -0.2) is 22.9 Å². The van der Waals surface area contributed by atoms with Gasteiger partial charge >= 0.3 is 5.97 Å². The predicted molar refractivity (Wildman–Crippen MR) is 76.7 cm³/mol. The van der Waals surface area contributed by atoms with Crippen LogP contribution in [0, 0.1) is 17.3 Å². The van der Waals surface area contributed by atoms with Crippen molar-refractivity contribution in [2.75, 3.05) is 4.90 Å². The van der Waals surface area contributed by atoms with Gasteiger partial charge in [0.25, 0.3) is 0 Å². The Morgan fingerprint density at radius 3 is 2.19 bits per heavy atom. The van der Waals surface area contributed by atoms with Gasteiger partial charge in [0.15, 0.2) is 0 Å². The van der Waals surface area contributed by atoms with Crippen molar-refractivity contribution in [3.63, 3.8) is 0 Å². The summed E-state index contributed by atoms with van der Waals surface area (Å²) in [7, 11) is 0. The third kappa shape index (κ3) is 1.80. The Morgan fingerprint density at radius 1 is 1.19 bits per heavy atom. The molecule has 1 aromatic rings. The molecule has 2 amide bonds. The van der Waals surface area contributed by atoms with Crippen LogP contribution in [0.1, 0.15) is 24.2 Å². The summed E-state index contributed by atoms with van der Waals surface area (Å²) in [5, 5.41) is 9.36. The maximum atomic E-state index is 12.4. The molecule has 1 aliphatic heterocycles. The molecule has 0 aromatic heterocycles. The minimum atomic E-state index is -1.30. The van der Waals surface area contributed by atoms with Crippen LogP contribution in [0.3, 0.4) is 0 Å². The monoisotopic (exact) mass is 327 g/mol. The number of imide groups is 1. The molecule has 3 rings (SSSR count). The van der Waals surface area contributed by atoms with Crippen LogP contribution in [0.15, 0.2) is 12.1 Å². The molecule has 1 heterocycles. The number of aromatic carboxylic acids is 1. The zero-order valence-corrected chi connectivity index (χ0v) is 12.7. The molecule has 2 atom stereocenters. The van der Waals surface area contributed by atoms with Gasteiger partial charge in [-0.25, -0.2) is 9.69 Å². The number of anilines is 1. The average Bonchev–Trinajstić information content (AvgIpc) is 2.81. The molecule has 1 aromatic carbocycles. The van der Waals surface area contributed by atoms with Gasteiger partial charge in [0.05, 0.1) is 28.1 Å². The van der Waals surface area contributed by atoms with Gasteiger partial charge in [0, 0.05) is 5.02 Å². The molecule has 2 fully saturated rings. The first-order valence-electron chi connectivity index (χ1n) is 6.28. The molecule has 1 saturated heterocycles. The average molecular weight is 328 g/mol. The predicted octanol–water partition coefficient (Wildman–Crippen LogP) is 2.84. The second kappa shape index (κ2) is 4.21. The van der Waals surface area contributed by atoms with Crippen molar-refractivity contribution in [2.24, 2.45) is 17.3 Å². The highest BCUT2D eigenvalue weighted by atomic mass is 35.5. The number of nitrogens with zero attached hydrogens (tertiary/aromatic N) is 1. The van der Waals surface area contributed by atoms with E-state index in [-0.39, 0.29) is 26.7 Å². The summed E-state index contributed by atoms with van der Waals surface area (Å²) in [6.45, 7) is 3.69. The number of carbonyl (C=O) groups excluding carboxylic acids is 2. The molecule has 1 N–H and O–H groups in total. The van der Waals surface area contributed by atoms with Crippen molar-refractivity contribution in [1.29, 1.82) is 0 Å². The van der Waals surface area contributed by atoms with Gasteiger partial charge < -0.3 is 5.11 Å². The molecule has 0 spiro atoms. The SMILES string of the molecule is CC1(C)C2C(=O)N(c3c(Cl)cc(Cl)cc3C(=O)O)C(=O)C21. The lowest BCUT2D eigenvalue weighted by Crippen LogP contribution is -2.37. The summed E-state index contributed by atoms with van der Waals surface area (Å²) in [6, 6.07) is 2.50. The molecule has 2 aliphatic rings. The summed E-state index contributed by atoms with van der Waals surface area (Å²) in [5.41, 5.74) is -0.715. The summed E-state index contributed by atoms with van der Waals surface area (Å²) in [5.74, 6) is -2.91. The standard InChI is InChI=1S/C14H11Cl2NO4/c1-14(2)8-9(14)12(19)17(11(8)18)10-6(13(20)21)3-5(15)4-7(10)16/h3-4,8-9H,1-2H3,(H,20,21). The molecule has 0 bridgehead atoms. The molecule has 7 heteroatoms. The third-order valence-corrected chi connectivity index (χ3v) is 4.79. The maximum absolute atomic E-state index is 12.4. The fourth-order valence-corrected chi connectivity index (χ4v) is 3.70. The highest BCUT2D eigenvalue weighted by Crippen LogP contribution is 2.64. The van der Waals surface area contributed by atoms with Crippen LogP contribution in [0.4, 0.5) is 5.69 Å². The first kappa shape index (κ1) is 14.4. The number of fused-ring (bicyclic) bond motifs is 1. The molecule has 0 radical (unpaired) electrons. The second-order valence-corrected chi connectivity index (χ2v) is 6.72. The lowest BCUT2D eigenvalue weighted by molar-refractivity contribution is -0.125. The van der Waals surface area contributed by atoms with Crippen LogP contribution >= 0.6 is 23.2 Å². The van der Waals surface area contributed by atoms with Crippen molar-refractivity contribution in [2.45, 2.75) is 13.8 Å². The van der Waals surface area contributed by atoms with E-state index in [2.05, 4.69) is 0 Å². The smallest absolute Gasteiger partial charge is 0.337 e. The Balaban J connectivity index is 2.13. The Labute approximate surface area is 130 Å². The zero-order chi connectivity index (χ0) is 15.7. The number of hydrogen-bond donors (Lipinski definition) is 1. The normalized spacial score (nSPS) is 26.0. The van der Waals surface area contributed by atoms with E-state index in [4.69, 9.17) is 23.2 Å². The number of hydrogen-bond acceptors (Lipinski definition) is 3. The Bertz CT molecular complexity index is 689. The van der Waals surface area contributed by atoms with E-state index in [1.165, 1.54) is 12.1 Å². The van der Waals surface area contributed by atoms with Crippen molar-refractivity contribution in [3.05, 3.63) is 27.7 Å². The van der Waals surface area contributed by atoms with E-state index in [0.29, 0.717) is 0 Å². The van der Waals surface area contributed by atoms with Crippen LogP contribution in [-0.2, 0) is 9.59 Å². The quantitative estimate of drug-likeness (QED) is 0.847. The number of amides is 2. The lowest BCUT2D eigenvalue weighted by Gasteiger charge is -2.23. The minimum absolute atomic E-state index is 0.0271. The summed E-state index contributed by atoms with van der Waals surface area (Å²) < 4.78 is 0. The summed E-state index contributed by atoms with van der Waals surface area (Å²) in [4.78, 5) is 37.1. The molecule has 2 unspecified atom stereocenters. The van der Waals surface area contributed by atoms with Crippen LogP contribution < -0.4 is 4.90 Å². The van der Waals surface area contributed by atoms with E-state index < -0.39 is 29.6 Å². The van der Waals surface area contributed by atoms with Crippen LogP contribution in [0.5, 0.6) is 0 Å². The van der Waals surface area contributed by atoms with Crippen LogP contribution in [0.2, 0.25) is 10.0 Å². The highest BCUT2D eigenvalue weighted by molar-refractivity contribution is 6.40. The second-order valence-electron chi connectivity index (χ2n) is 5.88. The first-order valence-corrected chi connectivity index (χ1v) is 7.03. The number of piperidine rings is 1. The van der Waals surface area contributed by atoms with Gasteiger partial charge in [0.2, 0.25) is 11.8 Å². The summed E-state index contributed by atoms with van der Waals surface area (Å²) in [6.07, 6.45) is 0. The molecular weight excluding hydrogens is 317 g/mol. The fraction of sp³-hybridized carbons (Fsp3) is 0.357. The molecule has 1 saturated carbocycles.